The van der Waals surface area contributed by atoms with Crippen LogP contribution < -0.4 is 27.1 Å². The maximum absolute atomic E-state index is 14.0. The molecule has 0 bridgehead atoms. The van der Waals surface area contributed by atoms with Crippen LogP contribution in [0.5, 0.6) is 0 Å². The molecule has 0 amide bonds. The first-order chi connectivity index (χ1) is 16.9. The van der Waals surface area contributed by atoms with Gasteiger partial charge in [0.1, 0.15) is 28.2 Å². The first kappa shape index (κ1) is 23.4. The van der Waals surface area contributed by atoms with E-state index in [9.17, 15) is 18.4 Å². The highest BCUT2D eigenvalue weighted by Gasteiger charge is 2.32. The van der Waals surface area contributed by atoms with Crippen molar-refractivity contribution in [2.24, 2.45) is 0 Å². The van der Waals surface area contributed by atoms with E-state index >= 15 is 0 Å². The van der Waals surface area contributed by atoms with E-state index in [4.69, 9.17) is 9.72 Å². The molecular weight excluding hydrogens is 456 g/mol. The summed E-state index contributed by atoms with van der Waals surface area (Å²) >= 11 is 0. The molecule has 0 radical (unpaired) electrons. The van der Waals surface area contributed by atoms with E-state index in [1.54, 1.807) is 6.08 Å². The summed E-state index contributed by atoms with van der Waals surface area (Å²) in [7, 11) is 0. The minimum Gasteiger partial charge on any atom is -0.378 e. The van der Waals surface area contributed by atoms with Crippen LogP contribution in [-0.2, 0) is 4.74 Å². The number of imidazole rings is 1. The Morgan fingerprint density at radius 3 is 2.51 bits per heavy atom. The first-order valence-corrected chi connectivity index (χ1v) is 11.8. The van der Waals surface area contributed by atoms with Crippen LogP contribution in [0.4, 0.5) is 8.78 Å². The molecule has 10 heteroatoms. The summed E-state index contributed by atoms with van der Waals surface area (Å²) in [6.07, 6.45) is 5.60. The molecule has 2 unspecified atom stereocenters. The van der Waals surface area contributed by atoms with Gasteiger partial charge in [-0.05, 0) is 49.6 Å². The van der Waals surface area contributed by atoms with Crippen LogP contribution >= 0.6 is 0 Å². The van der Waals surface area contributed by atoms with E-state index in [-0.39, 0.29) is 28.2 Å². The SMILES string of the molecule is CCC(c1nc(/C=c2\[nH]c(=O)/c(=C/c3cc(F)ccc3F)[nH]c2=O)c(C2CC2)[nH]1)C1COCCN1. The number of nitrogens with one attached hydrogen (secondary N) is 4. The molecule has 3 aromatic rings. The van der Waals surface area contributed by atoms with Gasteiger partial charge >= 0.3 is 0 Å². The van der Waals surface area contributed by atoms with E-state index in [1.165, 1.54) is 0 Å². The van der Waals surface area contributed by atoms with Crippen molar-refractivity contribution in [2.75, 3.05) is 19.8 Å². The van der Waals surface area contributed by atoms with Gasteiger partial charge < -0.3 is 25.0 Å². The Hall–Kier alpha value is -3.37. The number of aromatic nitrogens is 4. The Bertz CT molecular complexity index is 1470. The molecule has 1 aliphatic heterocycles. The predicted octanol–water partition coefficient (Wildman–Crippen LogP) is 1.08. The highest BCUT2D eigenvalue weighted by Crippen LogP contribution is 2.41. The molecule has 184 valence electrons. The number of hydrogen-bond acceptors (Lipinski definition) is 5. The number of benzene rings is 1. The molecular formula is C25H27F2N5O3. The lowest BCUT2D eigenvalue weighted by molar-refractivity contribution is 0.0664. The van der Waals surface area contributed by atoms with Gasteiger partial charge in [-0.1, -0.05) is 6.92 Å². The summed E-state index contributed by atoms with van der Waals surface area (Å²) in [4.78, 5) is 38.7. The second kappa shape index (κ2) is 9.71. The van der Waals surface area contributed by atoms with Gasteiger partial charge in [0.2, 0.25) is 0 Å². The molecule has 3 heterocycles. The number of aromatic amines is 3. The minimum atomic E-state index is -0.705. The van der Waals surface area contributed by atoms with Crippen molar-refractivity contribution in [3.8, 4) is 0 Å². The van der Waals surface area contributed by atoms with Crippen molar-refractivity contribution in [2.45, 2.75) is 44.1 Å². The highest BCUT2D eigenvalue weighted by molar-refractivity contribution is 5.50. The molecule has 8 nitrogen and oxygen atoms in total. The average Bonchev–Trinajstić information content (AvgIpc) is 3.61. The molecule has 0 spiro atoms. The quantitative estimate of drug-likeness (QED) is 0.419. The zero-order chi connectivity index (χ0) is 24.5. The number of ether oxygens (including phenoxy) is 1. The van der Waals surface area contributed by atoms with E-state index in [1.807, 2.05) is 0 Å². The Balaban J connectivity index is 1.55. The number of rotatable bonds is 6. The second-order valence-electron chi connectivity index (χ2n) is 9.04. The maximum Gasteiger partial charge on any atom is 0.272 e. The van der Waals surface area contributed by atoms with Gasteiger partial charge in [0, 0.05) is 35.7 Å². The molecule has 1 aromatic carbocycles. The summed E-state index contributed by atoms with van der Waals surface area (Å²) in [5.41, 5.74) is 0.243. The van der Waals surface area contributed by atoms with Gasteiger partial charge in [-0.3, -0.25) is 9.59 Å². The van der Waals surface area contributed by atoms with Crippen LogP contribution in [0.1, 0.15) is 60.8 Å². The van der Waals surface area contributed by atoms with Crippen LogP contribution in [-0.4, -0.2) is 45.7 Å². The third-order valence-corrected chi connectivity index (χ3v) is 6.52. The van der Waals surface area contributed by atoms with Crippen molar-refractivity contribution in [3.05, 3.63) is 84.0 Å². The molecule has 1 saturated carbocycles. The zero-order valence-electron chi connectivity index (χ0n) is 19.3. The van der Waals surface area contributed by atoms with E-state index in [2.05, 4.69) is 27.2 Å². The number of halogens is 2. The summed E-state index contributed by atoms with van der Waals surface area (Å²) in [6, 6.07) is 3.04. The first-order valence-electron chi connectivity index (χ1n) is 11.8. The lowest BCUT2D eigenvalue weighted by Crippen LogP contribution is -2.46. The van der Waals surface area contributed by atoms with Gasteiger partial charge in [-0.25, -0.2) is 13.8 Å². The maximum atomic E-state index is 14.0. The van der Waals surface area contributed by atoms with Gasteiger partial charge in [-0.15, -0.1) is 0 Å². The normalized spacial score (nSPS) is 20.4. The molecule has 1 saturated heterocycles. The molecule has 5 rings (SSSR count). The fourth-order valence-corrected chi connectivity index (χ4v) is 4.51. The van der Waals surface area contributed by atoms with Crippen molar-refractivity contribution in [3.63, 3.8) is 0 Å². The third kappa shape index (κ3) is 5.03. The van der Waals surface area contributed by atoms with Crippen LogP contribution in [0, 0.1) is 11.6 Å². The fourth-order valence-electron chi connectivity index (χ4n) is 4.51. The molecule has 2 aliphatic rings. The van der Waals surface area contributed by atoms with Crippen LogP contribution in [0.3, 0.4) is 0 Å². The lowest BCUT2D eigenvalue weighted by Gasteiger charge is -2.29. The van der Waals surface area contributed by atoms with E-state index in [0.29, 0.717) is 24.8 Å². The molecule has 2 fully saturated rings. The minimum absolute atomic E-state index is 0.0407. The van der Waals surface area contributed by atoms with E-state index < -0.39 is 22.8 Å². The summed E-state index contributed by atoms with van der Waals surface area (Å²) in [5, 5.41) is 3.36. The Kier molecular flexibility index (Phi) is 6.48. The molecule has 4 N–H and O–H groups in total. The Labute approximate surface area is 199 Å². The lowest BCUT2D eigenvalue weighted by atomic mass is 9.96. The van der Waals surface area contributed by atoms with Gasteiger partial charge in [0.15, 0.2) is 0 Å². The van der Waals surface area contributed by atoms with Crippen molar-refractivity contribution in [1.29, 1.82) is 0 Å². The van der Waals surface area contributed by atoms with Crippen molar-refractivity contribution < 1.29 is 13.5 Å². The molecule has 2 atom stereocenters. The smallest absolute Gasteiger partial charge is 0.272 e. The molecule has 2 aromatic heterocycles. The second-order valence-corrected chi connectivity index (χ2v) is 9.04. The van der Waals surface area contributed by atoms with Gasteiger partial charge in [0.05, 0.1) is 18.9 Å². The number of H-pyrrole nitrogens is 3. The van der Waals surface area contributed by atoms with Crippen LogP contribution in [0.2, 0.25) is 0 Å². The topological polar surface area (TPSA) is 116 Å². The number of hydrogen-bond donors (Lipinski definition) is 4. The summed E-state index contributed by atoms with van der Waals surface area (Å²) in [5.74, 6) is -0.0724. The average molecular weight is 484 g/mol. The third-order valence-electron chi connectivity index (χ3n) is 6.52. The molecule has 35 heavy (non-hydrogen) atoms. The van der Waals surface area contributed by atoms with E-state index in [0.717, 1.165) is 61.6 Å². The zero-order valence-corrected chi connectivity index (χ0v) is 19.3. The van der Waals surface area contributed by atoms with Gasteiger partial charge in [-0.2, -0.15) is 0 Å². The fraction of sp³-hybridized carbons (Fsp3) is 0.400. The van der Waals surface area contributed by atoms with Crippen molar-refractivity contribution in [1.82, 2.24) is 25.3 Å². The predicted molar refractivity (Wildman–Crippen MR) is 127 cm³/mol. The Morgan fingerprint density at radius 2 is 1.86 bits per heavy atom. The van der Waals surface area contributed by atoms with Gasteiger partial charge in [0.25, 0.3) is 11.1 Å². The number of morpholine rings is 1. The Morgan fingerprint density at radius 1 is 1.11 bits per heavy atom. The molecule has 1 aliphatic carbocycles. The largest absolute Gasteiger partial charge is 0.378 e. The standard InChI is InChI=1S/C25H27F2N5O3/c1-2-16(21-12-35-8-7-28-21)23-29-18(22(32-23)13-3-4-13)11-20-25(34)30-19(24(33)31-20)10-14-9-15(26)5-6-17(14)27/h5-6,9-11,13,16,21,28H,2-4,7-8,12H2,1H3,(H,29,32)(H,30,34)(H,31,33)/b19-10-,20-11-. The van der Waals surface area contributed by atoms with Crippen LogP contribution in [0.15, 0.2) is 27.8 Å². The van der Waals surface area contributed by atoms with Crippen LogP contribution in [0.25, 0.3) is 12.2 Å². The monoisotopic (exact) mass is 483 g/mol. The summed E-state index contributed by atoms with van der Waals surface area (Å²) in [6.45, 7) is 4.18. The highest BCUT2D eigenvalue weighted by atomic mass is 19.1. The van der Waals surface area contributed by atoms with Crippen molar-refractivity contribution >= 4 is 12.2 Å². The summed E-state index contributed by atoms with van der Waals surface area (Å²) < 4.78 is 33.1. The number of nitrogens with zero attached hydrogens (tertiary/aromatic N) is 1.